The fourth-order valence-corrected chi connectivity index (χ4v) is 1.26. The van der Waals surface area contributed by atoms with E-state index in [4.69, 9.17) is 16.3 Å². The van der Waals surface area contributed by atoms with Crippen LogP contribution >= 0.6 is 11.6 Å². The molecule has 0 aromatic heterocycles. The lowest BCUT2D eigenvalue weighted by molar-refractivity contribution is 0.130. The van der Waals surface area contributed by atoms with Crippen molar-refractivity contribution >= 4 is 17.7 Å². The zero-order chi connectivity index (χ0) is 8.27. The Labute approximate surface area is 71.3 Å². The molecule has 3 nitrogen and oxygen atoms in total. The van der Waals surface area contributed by atoms with Gasteiger partial charge in [0.2, 0.25) is 0 Å². The van der Waals surface area contributed by atoms with Crippen LogP contribution in [0.1, 0.15) is 12.8 Å². The zero-order valence-corrected chi connectivity index (χ0v) is 7.30. The molecule has 0 spiro atoms. The molecule has 1 atom stereocenters. The van der Waals surface area contributed by atoms with Crippen LogP contribution in [0.4, 0.5) is 4.79 Å². The molecule has 0 aromatic carbocycles. The molecule has 0 bridgehead atoms. The van der Waals surface area contributed by atoms with Crippen molar-refractivity contribution in [3.05, 3.63) is 0 Å². The topological polar surface area (TPSA) is 29.5 Å². The molecule has 1 fully saturated rings. The Morgan fingerprint density at radius 2 is 2.55 bits per heavy atom. The van der Waals surface area contributed by atoms with Crippen LogP contribution in [-0.2, 0) is 4.74 Å². The third kappa shape index (κ3) is 2.26. The van der Waals surface area contributed by atoms with Gasteiger partial charge in [-0.3, -0.25) is 0 Å². The Morgan fingerprint density at radius 1 is 1.82 bits per heavy atom. The Bertz CT molecular complexity index is 151. The lowest BCUT2D eigenvalue weighted by Gasteiger charge is -2.04. The van der Waals surface area contributed by atoms with Gasteiger partial charge in [0.15, 0.2) is 0 Å². The first-order chi connectivity index (χ1) is 5.24. The molecule has 0 N–H and O–H groups in total. The second-order valence-electron chi connectivity index (χ2n) is 2.72. The summed E-state index contributed by atoms with van der Waals surface area (Å²) >= 11 is 5.50. The maximum Gasteiger partial charge on any atom is 0.409 e. The number of hydrogen-bond donors (Lipinski definition) is 0. The van der Waals surface area contributed by atoms with Gasteiger partial charge in [-0.1, -0.05) is 0 Å². The number of cyclic esters (lactones) is 1. The highest BCUT2D eigenvalue weighted by molar-refractivity contribution is 6.17. The van der Waals surface area contributed by atoms with Crippen LogP contribution in [0.5, 0.6) is 0 Å². The molecule has 1 unspecified atom stereocenters. The number of halogens is 1. The number of alkyl halides is 1. The van der Waals surface area contributed by atoms with Gasteiger partial charge in [-0.25, -0.2) is 4.79 Å². The smallest absolute Gasteiger partial charge is 0.409 e. The minimum atomic E-state index is -0.218. The third-order valence-corrected chi connectivity index (χ3v) is 1.98. The van der Waals surface area contributed by atoms with E-state index in [-0.39, 0.29) is 12.2 Å². The molecule has 1 aliphatic rings. The van der Waals surface area contributed by atoms with Crippen molar-refractivity contribution in [2.75, 3.05) is 19.5 Å². The van der Waals surface area contributed by atoms with E-state index in [9.17, 15) is 4.79 Å². The van der Waals surface area contributed by atoms with Crippen molar-refractivity contribution in [2.24, 2.45) is 0 Å². The van der Waals surface area contributed by atoms with E-state index < -0.39 is 0 Å². The SMILES string of the molecule is CN1CC(CCCCl)OC1=O. The van der Waals surface area contributed by atoms with Crippen LogP contribution in [0.2, 0.25) is 0 Å². The predicted octanol–water partition coefficient (Wildman–Crippen LogP) is 1.46. The highest BCUT2D eigenvalue weighted by Crippen LogP contribution is 2.13. The highest BCUT2D eigenvalue weighted by atomic mass is 35.5. The van der Waals surface area contributed by atoms with Crippen LogP contribution in [0.25, 0.3) is 0 Å². The fraction of sp³-hybridized carbons (Fsp3) is 0.857. The number of carbonyl (C=O) groups is 1. The van der Waals surface area contributed by atoms with Crippen LogP contribution in [0.15, 0.2) is 0 Å². The van der Waals surface area contributed by atoms with Crippen molar-refractivity contribution in [2.45, 2.75) is 18.9 Å². The van der Waals surface area contributed by atoms with Gasteiger partial charge in [-0.2, -0.15) is 0 Å². The summed E-state index contributed by atoms with van der Waals surface area (Å²) in [4.78, 5) is 12.4. The van der Waals surface area contributed by atoms with Crippen molar-refractivity contribution in [1.29, 1.82) is 0 Å². The Morgan fingerprint density at radius 3 is 3.00 bits per heavy atom. The van der Waals surface area contributed by atoms with Crippen molar-refractivity contribution in [1.82, 2.24) is 4.90 Å². The highest BCUT2D eigenvalue weighted by Gasteiger charge is 2.27. The molecule has 1 amide bonds. The molecule has 0 saturated carbocycles. The molecule has 1 heterocycles. The van der Waals surface area contributed by atoms with Crippen LogP contribution in [-0.4, -0.2) is 36.6 Å². The minimum Gasteiger partial charge on any atom is -0.444 e. The summed E-state index contributed by atoms with van der Waals surface area (Å²) in [5.41, 5.74) is 0. The molecule has 1 aliphatic heterocycles. The van der Waals surface area contributed by atoms with Gasteiger partial charge in [0.1, 0.15) is 6.10 Å². The third-order valence-electron chi connectivity index (χ3n) is 1.72. The number of hydrogen-bond acceptors (Lipinski definition) is 2. The number of amides is 1. The van der Waals surface area contributed by atoms with Gasteiger partial charge in [0.25, 0.3) is 0 Å². The van der Waals surface area contributed by atoms with Crippen LogP contribution < -0.4 is 0 Å². The lowest BCUT2D eigenvalue weighted by atomic mass is 10.2. The van der Waals surface area contributed by atoms with Gasteiger partial charge in [-0.15, -0.1) is 11.6 Å². The first kappa shape index (κ1) is 8.65. The minimum absolute atomic E-state index is 0.0613. The molecule has 0 aliphatic carbocycles. The van der Waals surface area contributed by atoms with E-state index in [0.717, 1.165) is 12.8 Å². The van der Waals surface area contributed by atoms with E-state index in [1.165, 1.54) is 0 Å². The summed E-state index contributed by atoms with van der Waals surface area (Å²) in [6.45, 7) is 0.704. The Balaban J connectivity index is 2.24. The second kappa shape index (κ2) is 3.81. The maximum atomic E-state index is 10.8. The van der Waals surface area contributed by atoms with Gasteiger partial charge in [-0.05, 0) is 12.8 Å². The number of ether oxygens (including phenoxy) is 1. The normalized spacial score (nSPS) is 24.0. The lowest BCUT2D eigenvalue weighted by Crippen LogP contribution is -2.19. The van der Waals surface area contributed by atoms with Crippen molar-refractivity contribution in [3.63, 3.8) is 0 Å². The van der Waals surface area contributed by atoms with Crippen molar-refractivity contribution in [3.8, 4) is 0 Å². The number of nitrogens with zero attached hydrogens (tertiary/aromatic N) is 1. The average molecular weight is 178 g/mol. The van der Waals surface area contributed by atoms with E-state index in [2.05, 4.69) is 0 Å². The van der Waals surface area contributed by atoms with E-state index in [0.29, 0.717) is 12.4 Å². The van der Waals surface area contributed by atoms with Crippen LogP contribution in [0.3, 0.4) is 0 Å². The zero-order valence-electron chi connectivity index (χ0n) is 6.55. The molecule has 0 aromatic rings. The summed E-state index contributed by atoms with van der Waals surface area (Å²) in [6, 6.07) is 0. The molecule has 1 saturated heterocycles. The number of rotatable bonds is 3. The number of likely N-dealkylation sites (N-methyl/N-ethyl adjacent to an activating group) is 1. The van der Waals surface area contributed by atoms with Crippen molar-refractivity contribution < 1.29 is 9.53 Å². The quantitative estimate of drug-likeness (QED) is 0.611. The maximum absolute atomic E-state index is 10.8. The number of carbonyl (C=O) groups excluding carboxylic acids is 1. The predicted molar refractivity (Wildman–Crippen MR) is 42.9 cm³/mol. The first-order valence-electron chi connectivity index (χ1n) is 3.71. The molecule has 4 heteroatoms. The molecular formula is C7H12ClNO2. The van der Waals surface area contributed by atoms with Gasteiger partial charge in [0.05, 0.1) is 6.54 Å². The van der Waals surface area contributed by atoms with Gasteiger partial charge < -0.3 is 9.64 Å². The van der Waals surface area contributed by atoms with Crippen LogP contribution in [0, 0.1) is 0 Å². The summed E-state index contributed by atoms with van der Waals surface area (Å²) in [5, 5.41) is 0. The Kier molecular flexibility index (Phi) is 3.00. The van der Waals surface area contributed by atoms with Gasteiger partial charge in [0, 0.05) is 12.9 Å². The monoisotopic (exact) mass is 177 g/mol. The summed E-state index contributed by atoms with van der Waals surface area (Å²) in [5.74, 6) is 0.637. The average Bonchev–Trinajstić information content (AvgIpc) is 2.28. The largest absolute Gasteiger partial charge is 0.444 e. The van der Waals surface area contributed by atoms with E-state index in [1.54, 1.807) is 11.9 Å². The fourth-order valence-electron chi connectivity index (χ4n) is 1.10. The molecule has 64 valence electrons. The first-order valence-corrected chi connectivity index (χ1v) is 4.25. The molecular weight excluding hydrogens is 166 g/mol. The van der Waals surface area contributed by atoms with Gasteiger partial charge >= 0.3 is 6.09 Å². The second-order valence-corrected chi connectivity index (χ2v) is 3.10. The summed E-state index contributed by atoms with van der Waals surface area (Å²) < 4.78 is 5.00. The Hall–Kier alpha value is -0.440. The van der Waals surface area contributed by atoms with E-state index >= 15 is 0 Å². The molecule has 0 radical (unpaired) electrons. The molecule has 1 rings (SSSR count). The molecule has 11 heavy (non-hydrogen) atoms. The van der Waals surface area contributed by atoms with E-state index in [1.807, 2.05) is 0 Å². The standard InChI is InChI=1S/C7H12ClNO2/c1-9-5-6(3-2-4-8)11-7(9)10/h6H,2-5H2,1H3. The summed E-state index contributed by atoms with van der Waals surface area (Å²) in [7, 11) is 1.74. The summed E-state index contributed by atoms with van der Waals surface area (Å²) in [6.07, 6.45) is 1.63.